The summed E-state index contributed by atoms with van der Waals surface area (Å²) in [6.45, 7) is 5.39. The number of nitrogens with zero attached hydrogens (tertiary/aromatic N) is 2. The van der Waals surface area contributed by atoms with Gasteiger partial charge in [0.25, 0.3) is 0 Å². The second-order valence-corrected chi connectivity index (χ2v) is 5.65. The Morgan fingerprint density at radius 2 is 2.00 bits per heavy atom. The zero-order valence-electron chi connectivity index (χ0n) is 11.8. The quantitative estimate of drug-likeness (QED) is 0.760. The van der Waals surface area contributed by atoms with Crippen molar-refractivity contribution in [1.82, 2.24) is 15.1 Å². The Morgan fingerprint density at radius 1 is 1.11 bits per heavy atom. The fourth-order valence-electron chi connectivity index (χ4n) is 3.04. The van der Waals surface area contributed by atoms with Crippen LogP contribution in [0.4, 0.5) is 0 Å². The molecule has 19 heavy (non-hydrogen) atoms. The van der Waals surface area contributed by atoms with E-state index >= 15 is 0 Å². The Labute approximate surface area is 115 Å². The van der Waals surface area contributed by atoms with Gasteiger partial charge in [0.15, 0.2) is 0 Å². The summed E-state index contributed by atoms with van der Waals surface area (Å²) in [5, 5.41) is 12.8. The van der Waals surface area contributed by atoms with Crippen LogP contribution in [0.2, 0.25) is 0 Å². The molecule has 110 valence electrons. The summed E-state index contributed by atoms with van der Waals surface area (Å²) < 4.78 is 0. The number of carbonyl (C=O) groups excluding carboxylic acids is 1. The lowest BCUT2D eigenvalue weighted by Gasteiger charge is -2.31. The number of hydrogen-bond donors (Lipinski definition) is 2. The maximum atomic E-state index is 12.5. The van der Waals surface area contributed by atoms with Crippen LogP contribution >= 0.6 is 0 Å². The minimum atomic E-state index is 0.0418. The molecule has 2 aliphatic rings. The zero-order valence-corrected chi connectivity index (χ0v) is 11.8. The molecule has 2 rings (SSSR count). The summed E-state index contributed by atoms with van der Waals surface area (Å²) in [7, 11) is 0. The van der Waals surface area contributed by atoms with E-state index in [1.54, 1.807) is 0 Å². The molecule has 2 N–H and O–H groups in total. The van der Waals surface area contributed by atoms with E-state index < -0.39 is 0 Å². The first-order valence-corrected chi connectivity index (χ1v) is 7.64. The van der Waals surface area contributed by atoms with Crippen molar-refractivity contribution in [2.75, 3.05) is 45.9 Å². The molecule has 2 fully saturated rings. The molecule has 2 aliphatic heterocycles. The number of amides is 1. The third-order valence-electron chi connectivity index (χ3n) is 4.20. The van der Waals surface area contributed by atoms with Crippen LogP contribution in [0, 0.1) is 0 Å². The van der Waals surface area contributed by atoms with Crippen LogP contribution < -0.4 is 5.32 Å². The Morgan fingerprint density at radius 3 is 2.84 bits per heavy atom. The predicted octanol–water partition coefficient (Wildman–Crippen LogP) is 0.0452. The van der Waals surface area contributed by atoms with Crippen LogP contribution in [0.1, 0.15) is 32.1 Å². The van der Waals surface area contributed by atoms with Crippen molar-refractivity contribution in [2.24, 2.45) is 0 Å². The first-order valence-electron chi connectivity index (χ1n) is 7.64. The highest BCUT2D eigenvalue weighted by atomic mass is 16.3. The van der Waals surface area contributed by atoms with Gasteiger partial charge in [-0.05, 0) is 32.4 Å². The number of nitrogens with one attached hydrogen (secondary N) is 1. The number of rotatable bonds is 3. The lowest BCUT2D eigenvalue weighted by atomic mass is 10.1. The van der Waals surface area contributed by atoms with E-state index in [0.29, 0.717) is 6.54 Å². The van der Waals surface area contributed by atoms with Crippen LogP contribution in [-0.4, -0.2) is 72.7 Å². The van der Waals surface area contributed by atoms with Gasteiger partial charge in [0.1, 0.15) is 0 Å². The van der Waals surface area contributed by atoms with Crippen molar-refractivity contribution >= 4 is 5.91 Å². The fourth-order valence-corrected chi connectivity index (χ4v) is 3.04. The van der Waals surface area contributed by atoms with Crippen molar-refractivity contribution in [1.29, 1.82) is 0 Å². The van der Waals surface area contributed by atoms with Gasteiger partial charge in [-0.25, -0.2) is 0 Å². The molecule has 1 unspecified atom stereocenters. The van der Waals surface area contributed by atoms with Crippen molar-refractivity contribution < 1.29 is 9.90 Å². The molecule has 0 aliphatic carbocycles. The van der Waals surface area contributed by atoms with Crippen LogP contribution in [0.15, 0.2) is 0 Å². The van der Waals surface area contributed by atoms with Crippen molar-refractivity contribution in [3.8, 4) is 0 Å². The van der Waals surface area contributed by atoms with Gasteiger partial charge in [-0.2, -0.15) is 0 Å². The molecule has 0 aromatic carbocycles. The molecule has 0 aromatic heterocycles. The van der Waals surface area contributed by atoms with Gasteiger partial charge >= 0.3 is 0 Å². The second-order valence-electron chi connectivity index (χ2n) is 5.65. The Kier molecular flexibility index (Phi) is 6.07. The average molecular weight is 269 g/mol. The SMILES string of the molecule is O=C(CN1CCCNCC1)N1CCCCCC1CO. The number of aliphatic hydroxyl groups excluding tert-OH is 1. The van der Waals surface area contributed by atoms with Gasteiger partial charge in [-0.1, -0.05) is 12.8 Å². The number of aliphatic hydroxyl groups is 1. The highest BCUT2D eigenvalue weighted by Crippen LogP contribution is 2.17. The van der Waals surface area contributed by atoms with E-state index in [9.17, 15) is 9.90 Å². The Hall–Kier alpha value is -0.650. The summed E-state index contributed by atoms with van der Waals surface area (Å²) >= 11 is 0. The topological polar surface area (TPSA) is 55.8 Å². The van der Waals surface area contributed by atoms with Crippen LogP contribution in [0.3, 0.4) is 0 Å². The second kappa shape index (κ2) is 7.82. The minimum absolute atomic E-state index is 0.0418. The van der Waals surface area contributed by atoms with Crippen molar-refractivity contribution in [2.45, 2.75) is 38.1 Å². The Bertz CT molecular complexity index is 278. The molecule has 0 aromatic rings. The monoisotopic (exact) mass is 269 g/mol. The van der Waals surface area contributed by atoms with E-state index in [2.05, 4.69) is 10.2 Å². The molecule has 1 atom stereocenters. The average Bonchev–Trinajstić information content (AvgIpc) is 2.80. The molecule has 2 saturated heterocycles. The molecular weight excluding hydrogens is 242 g/mol. The molecule has 0 saturated carbocycles. The van der Waals surface area contributed by atoms with Gasteiger partial charge in [0, 0.05) is 19.6 Å². The molecule has 2 heterocycles. The van der Waals surface area contributed by atoms with Crippen molar-refractivity contribution in [3.05, 3.63) is 0 Å². The normalized spacial score (nSPS) is 26.8. The van der Waals surface area contributed by atoms with Crippen LogP contribution in [0.5, 0.6) is 0 Å². The summed E-state index contributed by atoms with van der Waals surface area (Å²) in [4.78, 5) is 16.6. The van der Waals surface area contributed by atoms with E-state index in [-0.39, 0.29) is 18.6 Å². The smallest absolute Gasteiger partial charge is 0.237 e. The summed E-state index contributed by atoms with van der Waals surface area (Å²) in [6, 6.07) is 0.0418. The van der Waals surface area contributed by atoms with Gasteiger partial charge in [-0.3, -0.25) is 9.69 Å². The van der Waals surface area contributed by atoms with Gasteiger partial charge < -0.3 is 15.3 Å². The van der Waals surface area contributed by atoms with E-state index in [0.717, 1.165) is 58.4 Å². The summed E-state index contributed by atoms with van der Waals surface area (Å²) in [5.74, 6) is 0.197. The van der Waals surface area contributed by atoms with E-state index in [1.165, 1.54) is 6.42 Å². The van der Waals surface area contributed by atoms with Gasteiger partial charge in [0.2, 0.25) is 5.91 Å². The zero-order chi connectivity index (χ0) is 13.5. The molecule has 0 radical (unpaired) electrons. The predicted molar refractivity (Wildman–Crippen MR) is 75.0 cm³/mol. The molecule has 5 heteroatoms. The summed E-state index contributed by atoms with van der Waals surface area (Å²) in [5.41, 5.74) is 0. The van der Waals surface area contributed by atoms with E-state index in [4.69, 9.17) is 0 Å². The van der Waals surface area contributed by atoms with Crippen molar-refractivity contribution in [3.63, 3.8) is 0 Å². The fraction of sp³-hybridized carbons (Fsp3) is 0.929. The third-order valence-corrected chi connectivity index (χ3v) is 4.20. The molecule has 0 bridgehead atoms. The highest BCUT2D eigenvalue weighted by molar-refractivity contribution is 5.78. The molecule has 1 amide bonds. The third kappa shape index (κ3) is 4.44. The number of likely N-dealkylation sites (tertiary alicyclic amines) is 1. The van der Waals surface area contributed by atoms with Crippen LogP contribution in [0.25, 0.3) is 0 Å². The maximum Gasteiger partial charge on any atom is 0.237 e. The Balaban J connectivity index is 1.88. The number of carbonyl (C=O) groups is 1. The van der Waals surface area contributed by atoms with Gasteiger partial charge in [-0.15, -0.1) is 0 Å². The molecule has 5 nitrogen and oxygen atoms in total. The first kappa shape index (κ1) is 14.8. The highest BCUT2D eigenvalue weighted by Gasteiger charge is 2.26. The molecule has 0 spiro atoms. The lowest BCUT2D eigenvalue weighted by Crippen LogP contribution is -2.47. The maximum absolute atomic E-state index is 12.5. The minimum Gasteiger partial charge on any atom is -0.394 e. The van der Waals surface area contributed by atoms with E-state index in [1.807, 2.05) is 4.90 Å². The standard InChI is InChI=1S/C14H27N3O2/c18-12-13-5-2-1-3-9-17(13)14(19)11-16-8-4-6-15-7-10-16/h13,15,18H,1-12H2. The first-order chi connectivity index (χ1) is 9.31. The molecular formula is C14H27N3O2. The largest absolute Gasteiger partial charge is 0.394 e. The number of hydrogen-bond acceptors (Lipinski definition) is 4. The van der Waals surface area contributed by atoms with Gasteiger partial charge in [0.05, 0.1) is 19.2 Å². The lowest BCUT2D eigenvalue weighted by molar-refractivity contribution is -0.135. The summed E-state index contributed by atoms with van der Waals surface area (Å²) in [6.07, 6.45) is 5.43. The van der Waals surface area contributed by atoms with Crippen LogP contribution in [-0.2, 0) is 4.79 Å².